The number of aromatic nitrogens is 5. The van der Waals surface area contributed by atoms with Crippen molar-refractivity contribution in [2.24, 2.45) is 0 Å². The third kappa shape index (κ3) is 4.51. The normalized spacial score (nSPS) is 13.8. The van der Waals surface area contributed by atoms with E-state index in [1.807, 2.05) is 13.0 Å². The third-order valence-electron chi connectivity index (χ3n) is 5.64. The van der Waals surface area contributed by atoms with Crippen LogP contribution < -0.4 is 15.0 Å². The Kier molecular flexibility index (Phi) is 6.25. The standard InChI is InChI=1S/C23H22ClN7O2S/c1-13-8-14(15-9-18(24)26-11-17(15)33-2)16(10-25-13)21(32)30-23-29-20-22(34-23)28-19(12-27-20)31-6-4-3-5-7-31/h8-12H,3-7H2,1-2H3,(H,27,29,30,32). The summed E-state index contributed by atoms with van der Waals surface area (Å²) in [4.78, 5) is 38.2. The summed E-state index contributed by atoms with van der Waals surface area (Å²) in [6, 6.07) is 3.48. The lowest BCUT2D eigenvalue weighted by molar-refractivity contribution is 0.102. The average molecular weight is 496 g/mol. The van der Waals surface area contributed by atoms with E-state index in [1.54, 1.807) is 19.4 Å². The van der Waals surface area contributed by atoms with Crippen molar-refractivity contribution in [2.75, 3.05) is 30.4 Å². The van der Waals surface area contributed by atoms with E-state index < -0.39 is 0 Å². The molecule has 11 heteroatoms. The van der Waals surface area contributed by atoms with E-state index in [-0.39, 0.29) is 5.91 Å². The molecule has 5 heterocycles. The summed E-state index contributed by atoms with van der Waals surface area (Å²) in [7, 11) is 1.54. The number of thiazole rings is 1. The zero-order valence-corrected chi connectivity index (χ0v) is 20.3. The van der Waals surface area contributed by atoms with Crippen LogP contribution in [-0.2, 0) is 0 Å². The molecule has 4 aromatic heterocycles. The molecule has 1 fully saturated rings. The fourth-order valence-electron chi connectivity index (χ4n) is 3.96. The summed E-state index contributed by atoms with van der Waals surface area (Å²) >= 11 is 7.42. The highest BCUT2D eigenvalue weighted by Crippen LogP contribution is 2.34. The first-order chi connectivity index (χ1) is 16.5. The van der Waals surface area contributed by atoms with Crippen LogP contribution >= 0.6 is 22.9 Å². The van der Waals surface area contributed by atoms with Gasteiger partial charge in [-0.3, -0.25) is 15.1 Å². The topological polar surface area (TPSA) is 106 Å². The Labute approximate surface area is 205 Å². The van der Waals surface area contributed by atoms with Gasteiger partial charge in [-0.1, -0.05) is 22.9 Å². The van der Waals surface area contributed by atoms with Crippen LogP contribution in [0, 0.1) is 6.92 Å². The van der Waals surface area contributed by atoms with E-state index in [0.717, 1.165) is 37.4 Å². The van der Waals surface area contributed by atoms with Crippen molar-refractivity contribution in [2.45, 2.75) is 26.2 Å². The van der Waals surface area contributed by atoms with Gasteiger partial charge in [-0.15, -0.1) is 0 Å². The van der Waals surface area contributed by atoms with E-state index in [1.165, 1.54) is 30.2 Å². The molecule has 0 unspecified atom stereocenters. The van der Waals surface area contributed by atoms with Crippen LogP contribution in [0.25, 0.3) is 21.6 Å². The molecule has 9 nitrogen and oxygen atoms in total. The minimum Gasteiger partial charge on any atom is -0.494 e. The first kappa shape index (κ1) is 22.4. The number of ether oxygens (including phenoxy) is 1. The van der Waals surface area contributed by atoms with Crippen LogP contribution in [0.1, 0.15) is 35.3 Å². The van der Waals surface area contributed by atoms with E-state index in [9.17, 15) is 4.79 Å². The molecule has 0 aliphatic carbocycles. The van der Waals surface area contributed by atoms with E-state index in [0.29, 0.717) is 43.2 Å². The van der Waals surface area contributed by atoms with Crippen molar-refractivity contribution < 1.29 is 9.53 Å². The van der Waals surface area contributed by atoms with E-state index >= 15 is 0 Å². The molecule has 34 heavy (non-hydrogen) atoms. The maximum Gasteiger partial charge on any atom is 0.259 e. The molecular formula is C23H22ClN7O2S. The summed E-state index contributed by atoms with van der Waals surface area (Å²) in [6.07, 6.45) is 8.37. The largest absolute Gasteiger partial charge is 0.494 e. The lowest BCUT2D eigenvalue weighted by Gasteiger charge is -2.27. The molecule has 0 radical (unpaired) electrons. The SMILES string of the molecule is COc1cnc(Cl)cc1-c1cc(C)ncc1C(=O)Nc1nc2ncc(N3CCCCC3)nc2s1. The van der Waals surface area contributed by atoms with Gasteiger partial charge in [0.2, 0.25) is 0 Å². The van der Waals surface area contributed by atoms with Gasteiger partial charge >= 0.3 is 0 Å². The number of fused-ring (bicyclic) bond motifs is 1. The van der Waals surface area contributed by atoms with Crippen LogP contribution in [-0.4, -0.2) is 51.0 Å². The van der Waals surface area contributed by atoms with Crippen molar-refractivity contribution in [3.8, 4) is 16.9 Å². The van der Waals surface area contributed by atoms with E-state index in [4.69, 9.17) is 21.3 Å². The summed E-state index contributed by atoms with van der Waals surface area (Å²) in [5, 5.41) is 3.59. The average Bonchev–Trinajstić information content (AvgIpc) is 3.25. The molecule has 1 saturated heterocycles. The molecule has 5 rings (SSSR count). The monoisotopic (exact) mass is 495 g/mol. The van der Waals surface area contributed by atoms with Gasteiger partial charge in [0.1, 0.15) is 16.7 Å². The number of hydrogen-bond acceptors (Lipinski definition) is 9. The third-order valence-corrected chi connectivity index (χ3v) is 6.70. The van der Waals surface area contributed by atoms with Crippen molar-refractivity contribution in [3.05, 3.63) is 47.1 Å². The van der Waals surface area contributed by atoms with Crippen LogP contribution in [0.2, 0.25) is 5.15 Å². The highest BCUT2D eigenvalue weighted by atomic mass is 35.5. The Morgan fingerprint density at radius 1 is 1.06 bits per heavy atom. The van der Waals surface area contributed by atoms with Gasteiger partial charge in [0.05, 0.1) is 25.1 Å². The molecule has 1 N–H and O–H groups in total. The number of aryl methyl sites for hydroxylation is 1. The minimum absolute atomic E-state index is 0.296. The predicted molar refractivity (Wildman–Crippen MR) is 133 cm³/mol. The Morgan fingerprint density at radius 2 is 1.88 bits per heavy atom. The predicted octanol–water partition coefficient (Wildman–Crippen LogP) is 4.76. The van der Waals surface area contributed by atoms with Gasteiger partial charge < -0.3 is 9.64 Å². The first-order valence-corrected chi connectivity index (χ1v) is 12.1. The molecule has 1 aliphatic heterocycles. The Morgan fingerprint density at radius 3 is 2.68 bits per heavy atom. The van der Waals surface area contributed by atoms with Crippen LogP contribution in [0.4, 0.5) is 10.9 Å². The zero-order valence-electron chi connectivity index (χ0n) is 18.7. The maximum atomic E-state index is 13.3. The second kappa shape index (κ2) is 9.47. The van der Waals surface area contributed by atoms with Crippen molar-refractivity contribution >= 4 is 50.3 Å². The summed E-state index contributed by atoms with van der Waals surface area (Å²) in [5.74, 6) is 0.996. The smallest absolute Gasteiger partial charge is 0.259 e. The second-order valence-corrected chi connectivity index (χ2v) is 9.32. The zero-order chi connectivity index (χ0) is 23.7. The van der Waals surface area contributed by atoms with Crippen LogP contribution in [0.5, 0.6) is 5.75 Å². The number of carbonyl (C=O) groups is 1. The molecule has 174 valence electrons. The minimum atomic E-state index is -0.354. The number of carbonyl (C=O) groups excluding carboxylic acids is 1. The van der Waals surface area contributed by atoms with Gasteiger partial charge in [-0.2, -0.15) is 4.98 Å². The van der Waals surface area contributed by atoms with Crippen LogP contribution in [0.3, 0.4) is 0 Å². The Bertz CT molecular complexity index is 1370. The van der Waals surface area contributed by atoms with Crippen LogP contribution in [0.15, 0.2) is 30.7 Å². The van der Waals surface area contributed by atoms with Gasteiger partial charge in [0.25, 0.3) is 5.91 Å². The molecule has 0 saturated carbocycles. The maximum absolute atomic E-state index is 13.3. The van der Waals surface area contributed by atoms with Crippen molar-refractivity contribution in [1.82, 2.24) is 24.9 Å². The molecular weight excluding hydrogens is 474 g/mol. The molecule has 0 aromatic carbocycles. The van der Waals surface area contributed by atoms with Gasteiger partial charge in [-0.05, 0) is 38.3 Å². The molecule has 4 aromatic rings. The van der Waals surface area contributed by atoms with Crippen molar-refractivity contribution in [1.29, 1.82) is 0 Å². The quantitative estimate of drug-likeness (QED) is 0.395. The number of nitrogens with one attached hydrogen (secondary N) is 1. The number of rotatable bonds is 5. The fraction of sp³-hybridized carbons (Fsp3) is 0.304. The molecule has 1 aliphatic rings. The number of methoxy groups -OCH3 is 1. The summed E-state index contributed by atoms with van der Waals surface area (Å²) < 4.78 is 5.44. The number of hydrogen-bond donors (Lipinski definition) is 1. The number of amides is 1. The molecule has 0 atom stereocenters. The Hall–Kier alpha value is -3.37. The second-order valence-electron chi connectivity index (χ2n) is 7.96. The molecule has 0 bridgehead atoms. The number of halogens is 1. The lowest BCUT2D eigenvalue weighted by Crippen LogP contribution is -2.30. The molecule has 1 amide bonds. The fourth-order valence-corrected chi connectivity index (χ4v) is 4.91. The number of nitrogens with zero attached hydrogens (tertiary/aromatic N) is 6. The van der Waals surface area contributed by atoms with Crippen molar-refractivity contribution in [3.63, 3.8) is 0 Å². The van der Waals surface area contributed by atoms with E-state index in [2.05, 4.69) is 30.2 Å². The van der Waals surface area contributed by atoms with Gasteiger partial charge in [0.15, 0.2) is 15.6 Å². The summed E-state index contributed by atoms with van der Waals surface area (Å²) in [6.45, 7) is 3.81. The number of pyridine rings is 2. The Balaban J connectivity index is 1.45. The van der Waals surface area contributed by atoms with Gasteiger partial charge in [0, 0.05) is 36.1 Å². The number of anilines is 2. The number of piperidine rings is 1. The summed E-state index contributed by atoms with van der Waals surface area (Å²) in [5.41, 5.74) is 2.90. The highest BCUT2D eigenvalue weighted by Gasteiger charge is 2.20. The highest BCUT2D eigenvalue weighted by molar-refractivity contribution is 7.21. The van der Waals surface area contributed by atoms with Gasteiger partial charge in [-0.25, -0.2) is 15.0 Å². The first-order valence-electron chi connectivity index (χ1n) is 10.9. The lowest BCUT2D eigenvalue weighted by atomic mass is 10.0. The molecule has 0 spiro atoms.